The number of amides is 1. The Hall–Kier alpha value is -2.60. The molecule has 1 aromatic heterocycles. The van der Waals surface area contributed by atoms with Crippen molar-refractivity contribution in [2.75, 3.05) is 30.5 Å². The van der Waals surface area contributed by atoms with Gasteiger partial charge in [0.05, 0.1) is 0 Å². The number of nitrogens with one attached hydrogen (secondary N) is 2. The lowest BCUT2D eigenvalue weighted by Gasteiger charge is -2.17. The summed E-state index contributed by atoms with van der Waals surface area (Å²) < 4.78 is 4.93. The Balaban J connectivity index is 1.79. The number of ether oxygens (including phenoxy) is 1. The number of aromatic nitrogens is 1. The fraction of sp³-hybridized carbons (Fsp3) is 0.294. The first-order valence-corrected chi connectivity index (χ1v) is 7.52. The van der Waals surface area contributed by atoms with Crippen LogP contribution in [0.5, 0.6) is 0 Å². The third-order valence-corrected chi connectivity index (χ3v) is 3.97. The molecular weight excluding hydrogens is 294 g/mol. The second-order valence-electron chi connectivity index (χ2n) is 5.41. The second kappa shape index (κ2) is 6.66. The van der Waals surface area contributed by atoms with Crippen molar-refractivity contribution >= 4 is 17.3 Å². The van der Waals surface area contributed by atoms with E-state index in [1.807, 2.05) is 18.2 Å². The van der Waals surface area contributed by atoms with Crippen LogP contribution in [0.3, 0.4) is 0 Å². The summed E-state index contributed by atoms with van der Waals surface area (Å²) in [6, 6.07) is 9.42. The van der Waals surface area contributed by atoms with E-state index in [9.17, 15) is 9.59 Å². The van der Waals surface area contributed by atoms with Crippen LogP contribution in [0.15, 0.2) is 41.3 Å². The van der Waals surface area contributed by atoms with Crippen molar-refractivity contribution in [3.05, 3.63) is 58.0 Å². The predicted octanol–water partition coefficient (Wildman–Crippen LogP) is 1.52. The minimum atomic E-state index is -0.0931. The van der Waals surface area contributed by atoms with E-state index in [0.29, 0.717) is 18.7 Å². The van der Waals surface area contributed by atoms with Gasteiger partial charge in [0.25, 0.3) is 11.5 Å². The average molecular weight is 313 g/mol. The molecule has 0 saturated heterocycles. The quantitative estimate of drug-likeness (QED) is 0.878. The number of benzene rings is 1. The number of hydrogen-bond acceptors (Lipinski definition) is 4. The number of anilines is 2. The van der Waals surface area contributed by atoms with E-state index >= 15 is 0 Å². The zero-order chi connectivity index (χ0) is 16.2. The standard InChI is InChI=1S/C17H19N3O3/c1-23-11-16(21)20-9-7-13-14(5-2-6-15(13)20)19-10-12-4-3-8-18-17(12)22/h2-6,8,19H,7,9-11H2,1H3,(H,18,22). The molecule has 23 heavy (non-hydrogen) atoms. The summed E-state index contributed by atoms with van der Waals surface area (Å²) in [4.78, 5) is 28.2. The molecule has 0 unspecified atom stereocenters. The third kappa shape index (κ3) is 3.12. The Kier molecular flexibility index (Phi) is 4.43. The number of carbonyl (C=O) groups excluding carboxylic acids is 1. The normalized spacial score (nSPS) is 13.0. The van der Waals surface area contributed by atoms with Crippen LogP contribution in [0, 0.1) is 0 Å². The maximum Gasteiger partial charge on any atom is 0.252 e. The third-order valence-electron chi connectivity index (χ3n) is 3.97. The average Bonchev–Trinajstić information content (AvgIpc) is 2.99. The van der Waals surface area contributed by atoms with Crippen LogP contribution in [0.2, 0.25) is 0 Å². The fourth-order valence-corrected chi connectivity index (χ4v) is 2.85. The van der Waals surface area contributed by atoms with E-state index in [4.69, 9.17) is 4.74 Å². The smallest absolute Gasteiger partial charge is 0.252 e. The number of carbonyl (C=O) groups is 1. The minimum Gasteiger partial charge on any atom is -0.380 e. The van der Waals surface area contributed by atoms with Crippen LogP contribution in [0.25, 0.3) is 0 Å². The van der Waals surface area contributed by atoms with E-state index in [0.717, 1.165) is 23.4 Å². The maximum atomic E-state index is 12.1. The number of pyridine rings is 1. The molecule has 0 aliphatic carbocycles. The zero-order valence-electron chi connectivity index (χ0n) is 13.0. The molecule has 2 heterocycles. The summed E-state index contributed by atoms with van der Waals surface area (Å²) in [7, 11) is 1.52. The lowest BCUT2D eigenvalue weighted by molar-refractivity contribution is -0.122. The van der Waals surface area contributed by atoms with Crippen molar-refractivity contribution in [1.82, 2.24) is 4.98 Å². The van der Waals surface area contributed by atoms with Gasteiger partial charge in [0.15, 0.2) is 0 Å². The molecule has 0 spiro atoms. The molecule has 1 aliphatic rings. The number of hydrogen-bond donors (Lipinski definition) is 2. The molecule has 6 heteroatoms. The Morgan fingerprint density at radius 2 is 2.22 bits per heavy atom. The van der Waals surface area contributed by atoms with Crippen molar-refractivity contribution in [3.63, 3.8) is 0 Å². The van der Waals surface area contributed by atoms with Crippen LogP contribution in [0.4, 0.5) is 11.4 Å². The monoisotopic (exact) mass is 313 g/mol. The number of nitrogens with zero attached hydrogens (tertiary/aromatic N) is 1. The highest BCUT2D eigenvalue weighted by molar-refractivity contribution is 5.97. The Bertz CT molecular complexity index is 770. The first-order valence-electron chi connectivity index (χ1n) is 7.52. The van der Waals surface area contributed by atoms with Crippen molar-refractivity contribution in [1.29, 1.82) is 0 Å². The fourth-order valence-electron chi connectivity index (χ4n) is 2.85. The van der Waals surface area contributed by atoms with Crippen LogP contribution >= 0.6 is 0 Å². The largest absolute Gasteiger partial charge is 0.380 e. The molecular formula is C17H19N3O3. The molecule has 1 aromatic carbocycles. The lowest BCUT2D eigenvalue weighted by atomic mass is 10.1. The van der Waals surface area contributed by atoms with E-state index in [1.165, 1.54) is 7.11 Å². The van der Waals surface area contributed by atoms with Gasteiger partial charge >= 0.3 is 0 Å². The van der Waals surface area contributed by atoms with Gasteiger partial charge in [-0.1, -0.05) is 12.1 Å². The molecule has 2 aromatic rings. The number of rotatable bonds is 5. The molecule has 3 rings (SSSR count). The zero-order valence-corrected chi connectivity index (χ0v) is 13.0. The summed E-state index contributed by atoms with van der Waals surface area (Å²) in [5.74, 6) is -0.0390. The van der Waals surface area contributed by atoms with Crippen molar-refractivity contribution < 1.29 is 9.53 Å². The van der Waals surface area contributed by atoms with Crippen molar-refractivity contribution in [3.8, 4) is 0 Å². The molecule has 0 bridgehead atoms. The number of H-pyrrole nitrogens is 1. The highest BCUT2D eigenvalue weighted by atomic mass is 16.5. The van der Waals surface area contributed by atoms with E-state index in [-0.39, 0.29) is 18.1 Å². The van der Waals surface area contributed by atoms with E-state index in [1.54, 1.807) is 23.2 Å². The van der Waals surface area contributed by atoms with Gasteiger partial charge in [-0.15, -0.1) is 0 Å². The first kappa shape index (κ1) is 15.3. The van der Waals surface area contributed by atoms with Gasteiger partial charge in [-0.25, -0.2) is 0 Å². The van der Waals surface area contributed by atoms with Gasteiger partial charge in [0.2, 0.25) is 0 Å². The van der Waals surface area contributed by atoms with Crippen LogP contribution in [0.1, 0.15) is 11.1 Å². The molecule has 2 N–H and O–H groups in total. The van der Waals surface area contributed by atoms with Crippen LogP contribution in [-0.4, -0.2) is 31.2 Å². The molecule has 6 nitrogen and oxygen atoms in total. The van der Waals surface area contributed by atoms with E-state index < -0.39 is 0 Å². The highest BCUT2D eigenvalue weighted by Gasteiger charge is 2.26. The summed E-state index contributed by atoms with van der Waals surface area (Å²) in [5.41, 5.74) is 3.56. The lowest BCUT2D eigenvalue weighted by Crippen LogP contribution is -2.31. The van der Waals surface area contributed by atoms with E-state index in [2.05, 4.69) is 10.3 Å². The molecule has 0 fully saturated rings. The minimum absolute atomic E-state index is 0.0390. The Labute approximate surface area is 134 Å². The molecule has 0 saturated carbocycles. The topological polar surface area (TPSA) is 74.4 Å². The summed E-state index contributed by atoms with van der Waals surface area (Å²) in [6.07, 6.45) is 2.41. The van der Waals surface area contributed by atoms with Gasteiger partial charge in [-0.3, -0.25) is 9.59 Å². The molecule has 120 valence electrons. The Morgan fingerprint density at radius 3 is 3.00 bits per heavy atom. The number of methoxy groups -OCH3 is 1. The van der Waals surface area contributed by atoms with Gasteiger partial charge < -0.3 is 19.9 Å². The van der Waals surface area contributed by atoms with Gasteiger partial charge in [0.1, 0.15) is 6.61 Å². The van der Waals surface area contributed by atoms with Gasteiger partial charge in [-0.2, -0.15) is 0 Å². The SMILES string of the molecule is COCC(=O)N1CCc2c(NCc3ccc[nH]c3=O)cccc21. The maximum absolute atomic E-state index is 12.1. The summed E-state index contributed by atoms with van der Waals surface area (Å²) >= 11 is 0. The molecule has 1 aliphatic heterocycles. The van der Waals surface area contributed by atoms with Crippen LogP contribution < -0.4 is 15.8 Å². The van der Waals surface area contributed by atoms with Crippen molar-refractivity contribution in [2.45, 2.75) is 13.0 Å². The van der Waals surface area contributed by atoms with Crippen LogP contribution in [-0.2, 0) is 22.5 Å². The van der Waals surface area contributed by atoms with Gasteiger partial charge in [-0.05, 0) is 24.6 Å². The van der Waals surface area contributed by atoms with Gasteiger partial charge in [0, 0.05) is 48.9 Å². The second-order valence-corrected chi connectivity index (χ2v) is 5.41. The molecule has 0 atom stereocenters. The van der Waals surface area contributed by atoms with Crippen molar-refractivity contribution in [2.24, 2.45) is 0 Å². The molecule has 1 amide bonds. The highest BCUT2D eigenvalue weighted by Crippen LogP contribution is 2.33. The molecule has 0 radical (unpaired) electrons. The summed E-state index contributed by atoms with van der Waals surface area (Å²) in [6.45, 7) is 1.18. The Morgan fingerprint density at radius 1 is 1.35 bits per heavy atom. The summed E-state index contributed by atoms with van der Waals surface area (Å²) in [5, 5.41) is 3.30. The first-order chi connectivity index (χ1) is 11.2. The number of aromatic amines is 1. The number of fused-ring (bicyclic) bond motifs is 1. The predicted molar refractivity (Wildman–Crippen MR) is 88.8 cm³/mol.